The third-order valence-corrected chi connectivity index (χ3v) is 13.0. The summed E-state index contributed by atoms with van der Waals surface area (Å²) < 4.78 is 2.40. The van der Waals surface area contributed by atoms with Gasteiger partial charge in [0.1, 0.15) is 0 Å². The topological polar surface area (TPSA) is 17.8 Å². The van der Waals surface area contributed by atoms with Crippen molar-refractivity contribution >= 4 is 45.3 Å². The minimum Gasteiger partial charge on any atom is -0.309 e. The smallest absolute Gasteiger partial charge is 0.0745 e. The Morgan fingerprint density at radius 3 is 1.69 bits per heavy atom. The molecule has 11 rings (SSSR count). The molecule has 0 aliphatic carbocycles. The quantitative estimate of drug-likeness (QED) is 0.183. The molecule has 4 heterocycles. The molecule has 0 saturated carbocycles. The monoisotopic (exact) mass is 698 g/mol. The Kier molecular flexibility index (Phi) is 6.67. The van der Waals surface area contributed by atoms with Gasteiger partial charge in [0.25, 0.3) is 0 Å². The molecule has 2 nitrogen and oxygen atoms in total. The molecule has 7 aromatic carbocycles. The zero-order valence-corrected chi connectivity index (χ0v) is 29.7. The molecule has 244 valence electrons. The fourth-order valence-corrected chi connectivity index (χ4v) is 11.0. The number of hydrogen-bond donors (Lipinski definition) is 0. The summed E-state index contributed by atoms with van der Waals surface area (Å²) in [7, 11) is 0. The third-order valence-electron chi connectivity index (χ3n) is 10.8. The normalized spacial score (nSPS) is 15.6. The van der Waals surface area contributed by atoms with Crippen LogP contribution in [0.15, 0.2) is 202 Å². The summed E-state index contributed by atoms with van der Waals surface area (Å²) >= 11 is 3.77. The minimum atomic E-state index is -0.459. The number of para-hydroxylation sites is 2. The molecule has 0 saturated heterocycles. The van der Waals surface area contributed by atoms with Crippen LogP contribution in [-0.2, 0) is 5.41 Å². The molecule has 1 unspecified atom stereocenters. The van der Waals surface area contributed by atoms with Crippen LogP contribution in [0.2, 0.25) is 0 Å². The molecule has 1 spiro atoms. The Labute approximate surface area is 310 Å². The first-order valence-corrected chi connectivity index (χ1v) is 19.2. The van der Waals surface area contributed by atoms with Gasteiger partial charge in [-0.3, -0.25) is 4.98 Å². The highest BCUT2D eigenvalue weighted by molar-refractivity contribution is 8.00. The second-order valence-corrected chi connectivity index (χ2v) is 15.7. The van der Waals surface area contributed by atoms with Gasteiger partial charge in [-0.15, -0.1) is 0 Å². The van der Waals surface area contributed by atoms with Crippen LogP contribution in [0, 0.1) is 0 Å². The highest BCUT2D eigenvalue weighted by atomic mass is 32.2. The van der Waals surface area contributed by atoms with E-state index < -0.39 is 5.41 Å². The van der Waals surface area contributed by atoms with Gasteiger partial charge >= 0.3 is 0 Å². The molecule has 4 heteroatoms. The van der Waals surface area contributed by atoms with Gasteiger partial charge in [0.15, 0.2) is 0 Å². The van der Waals surface area contributed by atoms with E-state index in [1.54, 1.807) is 0 Å². The van der Waals surface area contributed by atoms with E-state index in [0.717, 1.165) is 11.3 Å². The number of benzene rings is 7. The van der Waals surface area contributed by atoms with Crippen molar-refractivity contribution < 1.29 is 0 Å². The van der Waals surface area contributed by atoms with E-state index in [1.165, 1.54) is 80.5 Å². The van der Waals surface area contributed by atoms with E-state index >= 15 is 0 Å². The summed E-state index contributed by atoms with van der Waals surface area (Å²) in [6, 6.07) is 64.8. The van der Waals surface area contributed by atoms with Crippen molar-refractivity contribution in [2.24, 2.45) is 0 Å². The molecule has 1 atom stereocenters. The van der Waals surface area contributed by atoms with Gasteiger partial charge in [0.05, 0.1) is 22.1 Å². The summed E-state index contributed by atoms with van der Waals surface area (Å²) in [6.07, 6.45) is 1.88. The van der Waals surface area contributed by atoms with Crippen molar-refractivity contribution in [3.05, 3.63) is 204 Å². The van der Waals surface area contributed by atoms with Gasteiger partial charge in [-0.25, -0.2) is 0 Å². The highest BCUT2D eigenvalue weighted by Gasteiger charge is 2.48. The standard InChI is InChI=1S/C48H30N2S2/c1-2-12-34(13-3-1)50-42-18-7-4-14-35(42)36-24-21-31(28-43(36)50)32-22-25-39-46(29-32)51-44-19-8-5-15-37(44)48(39)38-16-6-9-20-45(38)52-47-30-33(23-26-40(47)48)41-17-10-11-27-49-41/h1-30H. The summed E-state index contributed by atoms with van der Waals surface area (Å²) in [6.45, 7) is 0. The number of rotatable bonds is 3. The molecule has 2 aromatic heterocycles. The van der Waals surface area contributed by atoms with Crippen molar-refractivity contribution in [1.82, 2.24) is 9.55 Å². The second kappa shape index (κ2) is 11.6. The summed E-state index contributed by atoms with van der Waals surface area (Å²) in [5.41, 5.74) is 13.1. The number of aromatic nitrogens is 2. The third kappa shape index (κ3) is 4.32. The molecule has 2 aliphatic heterocycles. The lowest BCUT2D eigenvalue weighted by molar-refractivity contribution is 0.667. The second-order valence-electron chi connectivity index (χ2n) is 13.5. The zero-order chi connectivity index (χ0) is 34.2. The first-order valence-electron chi connectivity index (χ1n) is 17.6. The molecule has 0 fully saturated rings. The van der Waals surface area contributed by atoms with Crippen LogP contribution < -0.4 is 0 Å². The maximum absolute atomic E-state index is 4.70. The maximum Gasteiger partial charge on any atom is 0.0745 e. The Morgan fingerprint density at radius 1 is 0.404 bits per heavy atom. The Morgan fingerprint density at radius 2 is 0.962 bits per heavy atom. The summed E-state index contributed by atoms with van der Waals surface area (Å²) in [4.78, 5) is 9.86. The predicted octanol–water partition coefficient (Wildman–Crippen LogP) is 12.8. The van der Waals surface area contributed by atoms with Gasteiger partial charge in [-0.1, -0.05) is 139 Å². The summed E-state index contributed by atoms with van der Waals surface area (Å²) in [5.74, 6) is 0. The van der Waals surface area contributed by atoms with Crippen LogP contribution >= 0.6 is 23.5 Å². The Hall–Kier alpha value is -5.81. The first-order chi connectivity index (χ1) is 25.8. The molecule has 0 bridgehead atoms. The lowest BCUT2D eigenvalue weighted by Gasteiger charge is -2.45. The lowest BCUT2D eigenvalue weighted by Crippen LogP contribution is -2.36. The van der Waals surface area contributed by atoms with Gasteiger partial charge < -0.3 is 4.57 Å². The molecular weight excluding hydrogens is 669 g/mol. The highest BCUT2D eigenvalue weighted by Crippen LogP contribution is 2.62. The van der Waals surface area contributed by atoms with Crippen LogP contribution in [-0.4, -0.2) is 9.55 Å². The predicted molar refractivity (Wildman–Crippen MR) is 216 cm³/mol. The number of nitrogens with zero attached hydrogens (tertiary/aromatic N) is 2. The average Bonchev–Trinajstić information content (AvgIpc) is 3.54. The van der Waals surface area contributed by atoms with E-state index in [4.69, 9.17) is 4.98 Å². The van der Waals surface area contributed by atoms with Crippen LogP contribution in [0.25, 0.3) is 49.9 Å². The molecule has 0 radical (unpaired) electrons. The maximum atomic E-state index is 4.70. The number of hydrogen-bond acceptors (Lipinski definition) is 3. The van der Waals surface area contributed by atoms with Crippen LogP contribution in [0.3, 0.4) is 0 Å². The molecule has 0 amide bonds. The van der Waals surface area contributed by atoms with Crippen molar-refractivity contribution in [1.29, 1.82) is 0 Å². The van der Waals surface area contributed by atoms with E-state index in [9.17, 15) is 0 Å². The van der Waals surface area contributed by atoms with Gasteiger partial charge in [-0.05, 0) is 94.0 Å². The van der Waals surface area contributed by atoms with Gasteiger partial charge in [0.2, 0.25) is 0 Å². The Bertz CT molecular complexity index is 2850. The van der Waals surface area contributed by atoms with Gasteiger partial charge in [-0.2, -0.15) is 0 Å². The van der Waals surface area contributed by atoms with E-state index in [0.29, 0.717) is 0 Å². The lowest BCUT2D eigenvalue weighted by atomic mass is 9.64. The fourth-order valence-electron chi connectivity index (χ4n) is 8.55. The average molecular weight is 699 g/mol. The van der Waals surface area contributed by atoms with E-state index in [1.807, 2.05) is 35.8 Å². The summed E-state index contributed by atoms with van der Waals surface area (Å²) in [5, 5.41) is 2.53. The van der Waals surface area contributed by atoms with Crippen molar-refractivity contribution in [3.63, 3.8) is 0 Å². The van der Waals surface area contributed by atoms with Crippen molar-refractivity contribution in [2.45, 2.75) is 25.0 Å². The van der Waals surface area contributed by atoms with Crippen molar-refractivity contribution in [2.75, 3.05) is 0 Å². The molecule has 9 aromatic rings. The fraction of sp³-hybridized carbons (Fsp3) is 0.0208. The van der Waals surface area contributed by atoms with E-state index in [-0.39, 0.29) is 0 Å². The number of pyridine rings is 1. The number of fused-ring (bicyclic) bond motifs is 11. The van der Waals surface area contributed by atoms with E-state index in [2.05, 4.69) is 174 Å². The minimum absolute atomic E-state index is 0.459. The van der Waals surface area contributed by atoms with Crippen molar-refractivity contribution in [3.8, 4) is 28.1 Å². The van der Waals surface area contributed by atoms with Crippen LogP contribution in [0.4, 0.5) is 0 Å². The van der Waals surface area contributed by atoms with Crippen LogP contribution in [0.5, 0.6) is 0 Å². The Balaban J connectivity index is 1.14. The molecular formula is C48H30N2S2. The largest absolute Gasteiger partial charge is 0.309 e. The molecule has 0 N–H and O–H groups in total. The van der Waals surface area contributed by atoms with Crippen LogP contribution in [0.1, 0.15) is 22.3 Å². The molecule has 2 aliphatic rings. The SMILES string of the molecule is c1ccc(-n2c3ccccc3c3ccc(-c4ccc5c(c4)Sc4ccccc4C54c5ccccc5Sc5cc(-c6ccccn6)ccc54)cc32)cc1. The first kappa shape index (κ1) is 29.9. The molecule has 52 heavy (non-hydrogen) atoms. The zero-order valence-electron chi connectivity index (χ0n) is 28.0. The van der Waals surface area contributed by atoms with Gasteiger partial charge in [0, 0.05) is 47.8 Å².